The molecule has 5 nitrogen and oxygen atoms in total. The molecule has 0 radical (unpaired) electrons. The Morgan fingerprint density at radius 3 is 2.71 bits per heavy atom. The van der Waals surface area contributed by atoms with Crippen LogP contribution in [0.1, 0.15) is 33.6 Å². The zero-order chi connectivity index (χ0) is 13.1. The van der Waals surface area contributed by atoms with Gasteiger partial charge in [-0.2, -0.15) is 0 Å². The predicted octanol–water partition coefficient (Wildman–Crippen LogP) is 1.16. The van der Waals surface area contributed by atoms with Crippen LogP contribution in [0.25, 0.3) is 0 Å². The fraction of sp³-hybridized carbons (Fsp3) is 0.833. The SMILES string of the molecule is CC(C)(C)OC(=O)N1CCC(N)C(CC=O)C1. The number of hydrogen-bond donors (Lipinski definition) is 1. The van der Waals surface area contributed by atoms with Gasteiger partial charge in [-0.15, -0.1) is 0 Å². The second kappa shape index (κ2) is 5.49. The molecule has 1 amide bonds. The smallest absolute Gasteiger partial charge is 0.410 e. The highest BCUT2D eigenvalue weighted by atomic mass is 16.6. The zero-order valence-electron chi connectivity index (χ0n) is 10.8. The van der Waals surface area contributed by atoms with E-state index in [4.69, 9.17) is 10.5 Å². The van der Waals surface area contributed by atoms with Gasteiger partial charge in [0.05, 0.1) is 0 Å². The number of rotatable bonds is 2. The first-order valence-corrected chi connectivity index (χ1v) is 6.00. The minimum atomic E-state index is -0.489. The summed E-state index contributed by atoms with van der Waals surface area (Å²) >= 11 is 0. The molecule has 0 aliphatic carbocycles. The normalized spacial score (nSPS) is 25.5. The van der Waals surface area contributed by atoms with Gasteiger partial charge < -0.3 is 20.2 Å². The van der Waals surface area contributed by atoms with Crippen molar-refractivity contribution in [1.82, 2.24) is 4.90 Å². The molecule has 0 bridgehead atoms. The van der Waals surface area contributed by atoms with Crippen molar-refractivity contribution in [2.24, 2.45) is 11.7 Å². The van der Waals surface area contributed by atoms with Gasteiger partial charge in [0.2, 0.25) is 0 Å². The van der Waals surface area contributed by atoms with Crippen molar-refractivity contribution in [3.8, 4) is 0 Å². The molecule has 2 N–H and O–H groups in total. The lowest BCUT2D eigenvalue weighted by atomic mass is 9.91. The van der Waals surface area contributed by atoms with Crippen LogP contribution in [0.15, 0.2) is 0 Å². The summed E-state index contributed by atoms with van der Waals surface area (Å²) in [5, 5.41) is 0. The zero-order valence-corrected chi connectivity index (χ0v) is 10.8. The molecule has 0 aromatic carbocycles. The Morgan fingerprint density at radius 1 is 1.53 bits per heavy atom. The van der Waals surface area contributed by atoms with Gasteiger partial charge in [-0.05, 0) is 33.1 Å². The van der Waals surface area contributed by atoms with Crippen LogP contribution in [0.2, 0.25) is 0 Å². The molecule has 0 saturated carbocycles. The minimum absolute atomic E-state index is 0.00103. The van der Waals surface area contributed by atoms with Crippen LogP contribution in [-0.2, 0) is 9.53 Å². The Labute approximate surface area is 102 Å². The Kier molecular flexibility index (Phi) is 4.51. The van der Waals surface area contributed by atoms with Crippen molar-refractivity contribution in [3.63, 3.8) is 0 Å². The van der Waals surface area contributed by atoms with Crippen LogP contribution in [0.5, 0.6) is 0 Å². The fourth-order valence-corrected chi connectivity index (χ4v) is 1.92. The van der Waals surface area contributed by atoms with Gasteiger partial charge in [-0.25, -0.2) is 4.79 Å². The number of nitrogens with two attached hydrogens (primary N) is 1. The molecule has 2 atom stereocenters. The van der Waals surface area contributed by atoms with Gasteiger partial charge in [0.1, 0.15) is 11.9 Å². The number of hydrogen-bond acceptors (Lipinski definition) is 4. The summed E-state index contributed by atoms with van der Waals surface area (Å²) in [4.78, 5) is 24.0. The topological polar surface area (TPSA) is 72.6 Å². The van der Waals surface area contributed by atoms with Crippen LogP contribution in [0.4, 0.5) is 4.79 Å². The van der Waals surface area contributed by atoms with Gasteiger partial charge in [0.25, 0.3) is 0 Å². The average Bonchev–Trinajstić information content (AvgIpc) is 2.19. The summed E-state index contributed by atoms with van der Waals surface area (Å²) in [6.07, 6.45) is 1.67. The Balaban J connectivity index is 2.55. The molecular formula is C12H22N2O3. The molecule has 1 aliphatic rings. The molecule has 2 unspecified atom stereocenters. The molecule has 0 spiro atoms. The van der Waals surface area contributed by atoms with E-state index in [1.165, 1.54) is 0 Å². The van der Waals surface area contributed by atoms with Crippen molar-refractivity contribution in [2.75, 3.05) is 13.1 Å². The van der Waals surface area contributed by atoms with Gasteiger partial charge >= 0.3 is 6.09 Å². The van der Waals surface area contributed by atoms with E-state index in [0.29, 0.717) is 19.5 Å². The molecule has 5 heteroatoms. The number of nitrogens with zero attached hydrogens (tertiary/aromatic N) is 1. The number of aldehydes is 1. The van der Waals surface area contributed by atoms with Crippen molar-refractivity contribution in [1.29, 1.82) is 0 Å². The average molecular weight is 242 g/mol. The fourth-order valence-electron chi connectivity index (χ4n) is 1.92. The van der Waals surface area contributed by atoms with Crippen LogP contribution in [-0.4, -0.2) is 42.0 Å². The lowest BCUT2D eigenvalue weighted by Gasteiger charge is -2.36. The van der Waals surface area contributed by atoms with Gasteiger partial charge in [-0.3, -0.25) is 0 Å². The van der Waals surface area contributed by atoms with E-state index in [0.717, 1.165) is 12.7 Å². The maximum Gasteiger partial charge on any atom is 0.410 e. The molecule has 1 fully saturated rings. The summed E-state index contributed by atoms with van der Waals surface area (Å²) in [7, 11) is 0. The largest absolute Gasteiger partial charge is 0.444 e. The lowest BCUT2D eigenvalue weighted by Crippen LogP contribution is -2.50. The highest BCUT2D eigenvalue weighted by Crippen LogP contribution is 2.20. The first-order valence-electron chi connectivity index (χ1n) is 6.00. The molecule has 98 valence electrons. The number of piperidine rings is 1. The highest BCUT2D eigenvalue weighted by molar-refractivity contribution is 5.68. The Bertz CT molecular complexity index is 286. The molecule has 0 aromatic rings. The monoisotopic (exact) mass is 242 g/mol. The second-order valence-corrected chi connectivity index (χ2v) is 5.54. The molecule has 1 aliphatic heterocycles. The van der Waals surface area contributed by atoms with Crippen molar-refractivity contribution in [3.05, 3.63) is 0 Å². The summed E-state index contributed by atoms with van der Waals surface area (Å²) in [6, 6.07) is -0.00103. The standard InChI is InChI=1S/C12H22N2O3/c1-12(2,3)17-11(16)14-6-4-10(13)9(8-14)5-7-15/h7,9-10H,4-6,8,13H2,1-3H3. The van der Waals surface area contributed by atoms with E-state index in [9.17, 15) is 9.59 Å². The minimum Gasteiger partial charge on any atom is -0.444 e. The lowest BCUT2D eigenvalue weighted by molar-refractivity contribution is -0.109. The van der Waals surface area contributed by atoms with E-state index in [2.05, 4.69) is 0 Å². The van der Waals surface area contributed by atoms with Crippen molar-refractivity contribution < 1.29 is 14.3 Å². The second-order valence-electron chi connectivity index (χ2n) is 5.54. The maximum atomic E-state index is 11.8. The van der Waals surface area contributed by atoms with E-state index >= 15 is 0 Å². The summed E-state index contributed by atoms with van der Waals surface area (Å²) in [5.74, 6) is 0.0498. The molecule has 0 aromatic heterocycles. The molecule has 1 rings (SSSR count). The first kappa shape index (κ1) is 14.0. The quantitative estimate of drug-likeness (QED) is 0.737. The van der Waals surface area contributed by atoms with E-state index in [1.807, 2.05) is 20.8 Å². The molecule has 17 heavy (non-hydrogen) atoms. The third-order valence-corrected chi connectivity index (χ3v) is 2.84. The maximum absolute atomic E-state index is 11.8. The summed E-state index contributed by atoms with van der Waals surface area (Å²) < 4.78 is 5.30. The summed E-state index contributed by atoms with van der Waals surface area (Å²) in [6.45, 7) is 6.62. The molecule has 1 heterocycles. The van der Waals surface area contributed by atoms with E-state index in [-0.39, 0.29) is 18.1 Å². The van der Waals surface area contributed by atoms with Gasteiger partial charge in [-0.1, -0.05) is 0 Å². The van der Waals surface area contributed by atoms with E-state index in [1.54, 1.807) is 4.90 Å². The van der Waals surface area contributed by atoms with Gasteiger partial charge in [0.15, 0.2) is 0 Å². The van der Waals surface area contributed by atoms with E-state index < -0.39 is 5.60 Å². The number of amides is 1. The number of carbonyl (C=O) groups excluding carboxylic acids is 2. The van der Waals surface area contributed by atoms with Crippen LogP contribution in [0, 0.1) is 5.92 Å². The molecule has 1 saturated heterocycles. The van der Waals surface area contributed by atoms with Crippen molar-refractivity contribution >= 4 is 12.4 Å². The number of likely N-dealkylation sites (tertiary alicyclic amines) is 1. The van der Waals surface area contributed by atoms with Crippen LogP contribution in [0.3, 0.4) is 0 Å². The summed E-state index contributed by atoms with van der Waals surface area (Å²) in [5.41, 5.74) is 5.43. The Hall–Kier alpha value is -1.10. The Morgan fingerprint density at radius 2 is 2.18 bits per heavy atom. The third kappa shape index (κ3) is 4.34. The predicted molar refractivity (Wildman–Crippen MR) is 64.6 cm³/mol. The van der Waals surface area contributed by atoms with Gasteiger partial charge in [0, 0.05) is 25.6 Å². The van der Waals surface area contributed by atoms with Crippen LogP contribution >= 0.6 is 0 Å². The number of ether oxygens (including phenoxy) is 1. The van der Waals surface area contributed by atoms with Crippen molar-refractivity contribution in [2.45, 2.75) is 45.3 Å². The number of carbonyl (C=O) groups is 2. The highest BCUT2D eigenvalue weighted by Gasteiger charge is 2.31. The molecular weight excluding hydrogens is 220 g/mol. The third-order valence-electron chi connectivity index (χ3n) is 2.84. The van der Waals surface area contributed by atoms with Crippen LogP contribution < -0.4 is 5.73 Å². The first-order chi connectivity index (χ1) is 7.83.